The molecule has 0 bridgehead atoms. The maximum atomic E-state index is 10.3. The van der Waals surface area contributed by atoms with E-state index in [1.807, 2.05) is 0 Å². The maximum absolute atomic E-state index is 10.3. The van der Waals surface area contributed by atoms with E-state index >= 15 is 0 Å². The third-order valence-electron chi connectivity index (χ3n) is 1.82. The highest BCUT2D eigenvalue weighted by molar-refractivity contribution is 5.64. The fraction of sp³-hybridized carbons (Fsp3) is 0.857. The van der Waals surface area contributed by atoms with Crippen molar-refractivity contribution in [3.05, 3.63) is 0 Å². The molecule has 1 fully saturated rings. The van der Waals surface area contributed by atoms with Crippen LogP contribution in [0.25, 0.3) is 0 Å². The van der Waals surface area contributed by atoms with Gasteiger partial charge in [0.1, 0.15) is 6.10 Å². The van der Waals surface area contributed by atoms with Crippen LogP contribution < -0.4 is 5.73 Å². The Bertz CT molecular complexity index is 157. The van der Waals surface area contributed by atoms with Crippen molar-refractivity contribution in [2.75, 3.05) is 33.4 Å². The summed E-state index contributed by atoms with van der Waals surface area (Å²) in [6.07, 6.45) is -0.703. The van der Waals surface area contributed by atoms with Crippen LogP contribution in [0, 0.1) is 0 Å². The fourth-order valence-corrected chi connectivity index (χ4v) is 1.16. The lowest BCUT2D eigenvalue weighted by molar-refractivity contribution is -0.0188. The quantitative estimate of drug-likeness (QED) is 0.619. The number of carbonyl (C=O) groups is 1. The highest BCUT2D eigenvalue weighted by Gasteiger charge is 2.28. The van der Waals surface area contributed by atoms with E-state index in [0.29, 0.717) is 6.61 Å². The number of rotatable bonds is 4. The summed E-state index contributed by atoms with van der Waals surface area (Å²) in [6.45, 7) is 3.14. The Morgan fingerprint density at radius 1 is 1.67 bits per heavy atom. The van der Waals surface area contributed by atoms with Gasteiger partial charge in [0.15, 0.2) is 0 Å². The van der Waals surface area contributed by atoms with Crippen LogP contribution in [0.1, 0.15) is 0 Å². The molecule has 5 nitrogen and oxygen atoms in total. The standard InChI is InChI=1S/C7H14N2O3/c1-11-3-2-9-4-6(5-9)12-7(8)10/h6H,2-5H2,1H3,(H2,8,10). The zero-order valence-corrected chi connectivity index (χ0v) is 7.16. The molecule has 1 heterocycles. The first-order valence-corrected chi connectivity index (χ1v) is 3.89. The van der Waals surface area contributed by atoms with Crippen LogP contribution in [0.2, 0.25) is 0 Å². The summed E-state index contributed by atoms with van der Waals surface area (Å²) in [7, 11) is 1.66. The molecule has 12 heavy (non-hydrogen) atoms. The molecular weight excluding hydrogens is 160 g/mol. The Kier molecular flexibility index (Phi) is 3.31. The average Bonchev–Trinajstić information content (AvgIpc) is 1.93. The van der Waals surface area contributed by atoms with Gasteiger partial charge in [-0.2, -0.15) is 0 Å². The van der Waals surface area contributed by atoms with Gasteiger partial charge in [-0.05, 0) is 0 Å². The van der Waals surface area contributed by atoms with Gasteiger partial charge in [-0.1, -0.05) is 0 Å². The second-order valence-electron chi connectivity index (χ2n) is 2.81. The molecule has 2 N–H and O–H groups in total. The van der Waals surface area contributed by atoms with Crippen molar-refractivity contribution in [1.82, 2.24) is 4.90 Å². The van der Waals surface area contributed by atoms with E-state index in [4.69, 9.17) is 15.2 Å². The van der Waals surface area contributed by atoms with E-state index < -0.39 is 6.09 Å². The van der Waals surface area contributed by atoms with Crippen molar-refractivity contribution in [3.63, 3.8) is 0 Å². The first-order chi connectivity index (χ1) is 5.72. The SMILES string of the molecule is COCCN1CC(OC(N)=O)C1. The Labute approximate surface area is 71.4 Å². The highest BCUT2D eigenvalue weighted by atomic mass is 16.6. The van der Waals surface area contributed by atoms with Crippen molar-refractivity contribution >= 4 is 6.09 Å². The lowest BCUT2D eigenvalue weighted by Crippen LogP contribution is -2.54. The third-order valence-corrected chi connectivity index (χ3v) is 1.82. The van der Waals surface area contributed by atoms with Crippen LogP contribution >= 0.6 is 0 Å². The van der Waals surface area contributed by atoms with Crippen molar-refractivity contribution in [2.45, 2.75) is 6.10 Å². The molecule has 0 saturated carbocycles. The van der Waals surface area contributed by atoms with Gasteiger partial charge >= 0.3 is 6.09 Å². The number of nitrogens with zero attached hydrogens (tertiary/aromatic N) is 1. The van der Waals surface area contributed by atoms with E-state index in [-0.39, 0.29) is 6.10 Å². The molecule has 1 aliphatic heterocycles. The number of carbonyl (C=O) groups excluding carboxylic acids is 1. The van der Waals surface area contributed by atoms with E-state index in [9.17, 15) is 4.79 Å². The molecule has 0 aromatic carbocycles. The zero-order valence-electron chi connectivity index (χ0n) is 7.16. The van der Waals surface area contributed by atoms with E-state index in [0.717, 1.165) is 19.6 Å². The second kappa shape index (κ2) is 4.27. The predicted molar refractivity (Wildman–Crippen MR) is 42.8 cm³/mol. The van der Waals surface area contributed by atoms with Crippen molar-refractivity contribution < 1.29 is 14.3 Å². The summed E-state index contributed by atoms with van der Waals surface area (Å²) in [4.78, 5) is 12.4. The van der Waals surface area contributed by atoms with Gasteiger partial charge in [-0.15, -0.1) is 0 Å². The summed E-state index contributed by atoms with van der Waals surface area (Å²) < 4.78 is 9.64. The van der Waals surface area contributed by atoms with Crippen LogP contribution in [0.15, 0.2) is 0 Å². The fourth-order valence-electron chi connectivity index (χ4n) is 1.16. The molecule has 0 aromatic heterocycles. The molecule has 1 amide bonds. The molecular formula is C7H14N2O3. The van der Waals surface area contributed by atoms with Crippen molar-refractivity contribution in [1.29, 1.82) is 0 Å². The topological polar surface area (TPSA) is 64.8 Å². The average molecular weight is 174 g/mol. The minimum absolute atomic E-state index is 0.0145. The number of amides is 1. The first-order valence-electron chi connectivity index (χ1n) is 3.89. The molecule has 5 heteroatoms. The van der Waals surface area contributed by atoms with E-state index in [1.54, 1.807) is 7.11 Å². The van der Waals surface area contributed by atoms with Crippen LogP contribution in [0.3, 0.4) is 0 Å². The molecule has 0 aliphatic carbocycles. The predicted octanol–water partition coefficient (Wildman–Crippen LogP) is -0.588. The molecule has 0 radical (unpaired) electrons. The highest BCUT2D eigenvalue weighted by Crippen LogP contribution is 2.10. The van der Waals surface area contributed by atoms with Crippen molar-refractivity contribution in [3.8, 4) is 0 Å². The Morgan fingerprint density at radius 3 is 2.83 bits per heavy atom. The monoisotopic (exact) mass is 174 g/mol. The Balaban J connectivity index is 2.00. The molecule has 0 unspecified atom stereocenters. The second-order valence-corrected chi connectivity index (χ2v) is 2.81. The number of primary amides is 1. The largest absolute Gasteiger partial charge is 0.444 e. The van der Waals surface area contributed by atoms with E-state index in [2.05, 4.69) is 4.90 Å². The Hall–Kier alpha value is -0.810. The number of methoxy groups -OCH3 is 1. The normalized spacial score (nSPS) is 18.8. The first kappa shape index (κ1) is 9.28. The number of ether oxygens (including phenoxy) is 2. The molecule has 1 aliphatic rings. The van der Waals surface area contributed by atoms with Gasteiger partial charge in [-0.25, -0.2) is 4.79 Å². The van der Waals surface area contributed by atoms with Gasteiger partial charge in [0, 0.05) is 26.7 Å². The smallest absolute Gasteiger partial charge is 0.404 e. The van der Waals surface area contributed by atoms with Crippen LogP contribution in [0.4, 0.5) is 4.79 Å². The minimum atomic E-state index is -0.689. The van der Waals surface area contributed by atoms with Gasteiger partial charge < -0.3 is 15.2 Å². The molecule has 0 atom stereocenters. The van der Waals surface area contributed by atoms with Crippen LogP contribution in [0.5, 0.6) is 0 Å². The number of nitrogens with two attached hydrogens (primary N) is 1. The third kappa shape index (κ3) is 2.67. The van der Waals surface area contributed by atoms with Gasteiger partial charge in [0.05, 0.1) is 6.61 Å². The van der Waals surface area contributed by atoms with E-state index in [1.165, 1.54) is 0 Å². The summed E-state index contributed by atoms with van der Waals surface area (Å²) in [5.74, 6) is 0. The number of likely N-dealkylation sites (tertiary alicyclic amines) is 1. The summed E-state index contributed by atoms with van der Waals surface area (Å²) in [6, 6.07) is 0. The number of hydrogen-bond acceptors (Lipinski definition) is 4. The summed E-state index contributed by atoms with van der Waals surface area (Å²) in [5.41, 5.74) is 4.84. The van der Waals surface area contributed by atoms with Gasteiger partial charge in [0.25, 0.3) is 0 Å². The zero-order chi connectivity index (χ0) is 8.97. The number of hydrogen-bond donors (Lipinski definition) is 1. The summed E-state index contributed by atoms with van der Waals surface area (Å²) in [5, 5.41) is 0. The molecule has 0 aromatic rings. The maximum Gasteiger partial charge on any atom is 0.404 e. The lowest BCUT2D eigenvalue weighted by Gasteiger charge is -2.37. The lowest BCUT2D eigenvalue weighted by atomic mass is 10.2. The van der Waals surface area contributed by atoms with Crippen LogP contribution in [-0.4, -0.2) is 50.4 Å². The molecule has 1 saturated heterocycles. The molecule has 1 rings (SSSR count). The van der Waals surface area contributed by atoms with Crippen LogP contribution in [-0.2, 0) is 9.47 Å². The molecule has 0 spiro atoms. The van der Waals surface area contributed by atoms with Gasteiger partial charge in [0.2, 0.25) is 0 Å². The Morgan fingerprint density at radius 2 is 2.33 bits per heavy atom. The van der Waals surface area contributed by atoms with Gasteiger partial charge in [-0.3, -0.25) is 4.90 Å². The minimum Gasteiger partial charge on any atom is -0.444 e. The molecule has 70 valence electrons. The van der Waals surface area contributed by atoms with Crippen molar-refractivity contribution in [2.24, 2.45) is 5.73 Å². The summed E-state index contributed by atoms with van der Waals surface area (Å²) >= 11 is 0.